The zero-order valence-corrected chi connectivity index (χ0v) is 18.6. The Morgan fingerprint density at radius 1 is 0.968 bits per heavy atom. The van der Waals surface area contributed by atoms with Gasteiger partial charge < -0.3 is 15.1 Å². The van der Waals surface area contributed by atoms with Crippen molar-refractivity contribution in [2.24, 2.45) is 0 Å². The van der Waals surface area contributed by atoms with E-state index in [1.165, 1.54) is 16.8 Å². The fraction of sp³-hybridized carbons (Fsp3) is 0.440. The molecular weight excluding hydrogens is 388 g/mol. The Bertz CT molecular complexity index is 933. The van der Waals surface area contributed by atoms with Crippen molar-refractivity contribution in [1.82, 2.24) is 4.90 Å². The number of aryl methyl sites for hydroxylation is 1. The van der Waals surface area contributed by atoms with Crippen LogP contribution in [0.2, 0.25) is 0 Å². The van der Waals surface area contributed by atoms with E-state index < -0.39 is 0 Å². The van der Waals surface area contributed by atoms with Crippen molar-refractivity contribution in [3.63, 3.8) is 0 Å². The van der Waals surface area contributed by atoms with Gasteiger partial charge in [0.15, 0.2) is 0 Å². The molecule has 0 saturated carbocycles. The second-order valence-electron chi connectivity index (χ2n) is 8.54. The zero-order chi connectivity index (χ0) is 21.8. The number of carbonyl (C=O) groups is 2. The summed E-state index contributed by atoms with van der Waals surface area (Å²) in [5, 5.41) is 2.98. The summed E-state index contributed by atoms with van der Waals surface area (Å²) >= 11 is 0. The first-order chi connectivity index (χ1) is 15.0. The van der Waals surface area contributed by atoms with Crippen molar-refractivity contribution >= 4 is 28.9 Å². The monoisotopic (exact) mass is 420 g/mol. The van der Waals surface area contributed by atoms with Gasteiger partial charge in [0.1, 0.15) is 0 Å². The van der Waals surface area contributed by atoms with Crippen LogP contribution in [-0.2, 0) is 9.59 Å². The molecule has 0 bridgehead atoms. The molecule has 2 aromatic rings. The minimum atomic E-state index is 0.0296. The number of nitrogens with one attached hydrogen (secondary N) is 1. The van der Waals surface area contributed by atoms with Crippen molar-refractivity contribution in [3.05, 3.63) is 53.6 Å². The first kappa shape index (κ1) is 21.4. The lowest BCUT2D eigenvalue weighted by Gasteiger charge is -2.37. The van der Waals surface area contributed by atoms with Gasteiger partial charge in [-0.2, -0.15) is 0 Å². The van der Waals surface area contributed by atoms with Crippen molar-refractivity contribution in [3.8, 4) is 0 Å². The Labute approximate surface area is 184 Å². The van der Waals surface area contributed by atoms with Crippen LogP contribution >= 0.6 is 0 Å². The Morgan fingerprint density at radius 2 is 1.71 bits per heavy atom. The highest BCUT2D eigenvalue weighted by atomic mass is 16.2. The van der Waals surface area contributed by atoms with Gasteiger partial charge in [-0.25, -0.2) is 0 Å². The van der Waals surface area contributed by atoms with Crippen molar-refractivity contribution in [2.45, 2.75) is 33.1 Å². The highest BCUT2D eigenvalue weighted by Gasteiger charge is 2.22. The summed E-state index contributed by atoms with van der Waals surface area (Å²) in [5.74, 6) is 0.205. The molecular formula is C25H32N4O2. The van der Waals surface area contributed by atoms with Crippen LogP contribution in [0.5, 0.6) is 0 Å². The third-order valence-corrected chi connectivity index (χ3v) is 6.48. The second kappa shape index (κ2) is 9.52. The summed E-state index contributed by atoms with van der Waals surface area (Å²) < 4.78 is 0. The van der Waals surface area contributed by atoms with Gasteiger partial charge in [-0.3, -0.25) is 14.5 Å². The number of hydrogen-bond donors (Lipinski definition) is 1. The molecule has 0 unspecified atom stereocenters. The van der Waals surface area contributed by atoms with E-state index >= 15 is 0 Å². The van der Waals surface area contributed by atoms with Gasteiger partial charge >= 0.3 is 0 Å². The number of benzene rings is 2. The van der Waals surface area contributed by atoms with Gasteiger partial charge in [-0.15, -0.1) is 0 Å². The lowest BCUT2D eigenvalue weighted by atomic mass is 10.1. The van der Waals surface area contributed by atoms with Crippen LogP contribution in [0.3, 0.4) is 0 Å². The molecule has 31 heavy (non-hydrogen) atoms. The maximum atomic E-state index is 12.4. The van der Waals surface area contributed by atoms with Crippen LogP contribution < -0.4 is 15.1 Å². The van der Waals surface area contributed by atoms with Gasteiger partial charge in [0.25, 0.3) is 0 Å². The number of hydrogen-bond acceptors (Lipinski definition) is 4. The number of anilines is 3. The van der Waals surface area contributed by atoms with Gasteiger partial charge in [-0.1, -0.05) is 12.1 Å². The predicted molar refractivity (Wildman–Crippen MR) is 126 cm³/mol. The van der Waals surface area contributed by atoms with Crippen molar-refractivity contribution in [1.29, 1.82) is 0 Å². The first-order valence-corrected chi connectivity index (χ1v) is 11.2. The van der Waals surface area contributed by atoms with Crippen LogP contribution in [-0.4, -0.2) is 56.0 Å². The van der Waals surface area contributed by atoms with Gasteiger partial charge in [0.05, 0.1) is 0 Å². The normalized spacial score (nSPS) is 17.3. The smallest absolute Gasteiger partial charge is 0.227 e. The molecule has 2 aliphatic rings. The Hall–Kier alpha value is -2.86. The molecule has 2 saturated heterocycles. The first-order valence-electron chi connectivity index (χ1n) is 11.2. The average Bonchev–Trinajstić information content (AvgIpc) is 3.21. The van der Waals surface area contributed by atoms with E-state index in [1.54, 1.807) is 0 Å². The summed E-state index contributed by atoms with van der Waals surface area (Å²) in [6.07, 6.45) is 2.02. The zero-order valence-electron chi connectivity index (χ0n) is 18.6. The SMILES string of the molecule is Cc1cccc(N2CCN(CCC(=O)Nc3ccc(N4CCCC4=O)cc3)CC2)c1C. The summed E-state index contributed by atoms with van der Waals surface area (Å²) in [6.45, 7) is 9.82. The lowest BCUT2D eigenvalue weighted by Crippen LogP contribution is -2.47. The van der Waals surface area contributed by atoms with E-state index in [1.807, 2.05) is 29.2 Å². The molecule has 2 fully saturated rings. The quantitative estimate of drug-likeness (QED) is 0.776. The Balaban J connectivity index is 1.22. The van der Waals surface area contributed by atoms with E-state index in [9.17, 15) is 9.59 Å². The van der Waals surface area contributed by atoms with Crippen LogP contribution in [0.15, 0.2) is 42.5 Å². The molecule has 2 amide bonds. The third-order valence-electron chi connectivity index (χ3n) is 6.48. The summed E-state index contributed by atoms with van der Waals surface area (Å²) in [7, 11) is 0. The molecule has 2 aliphatic heterocycles. The average molecular weight is 421 g/mol. The summed E-state index contributed by atoms with van der Waals surface area (Å²) in [6, 6.07) is 14.1. The van der Waals surface area contributed by atoms with E-state index in [4.69, 9.17) is 0 Å². The number of amides is 2. The van der Waals surface area contributed by atoms with E-state index in [0.29, 0.717) is 12.8 Å². The van der Waals surface area contributed by atoms with E-state index in [0.717, 1.165) is 57.1 Å². The fourth-order valence-corrected chi connectivity index (χ4v) is 4.42. The molecule has 2 aromatic carbocycles. The largest absolute Gasteiger partial charge is 0.369 e. The topological polar surface area (TPSA) is 55.9 Å². The second-order valence-corrected chi connectivity index (χ2v) is 8.54. The maximum Gasteiger partial charge on any atom is 0.227 e. The molecule has 2 heterocycles. The van der Waals surface area contributed by atoms with Crippen LogP contribution in [0.4, 0.5) is 17.1 Å². The molecule has 0 spiro atoms. The summed E-state index contributed by atoms with van der Waals surface area (Å²) in [5.41, 5.74) is 5.70. The van der Waals surface area contributed by atoms with Gasteiger partial charge in [0.2, 0.25) is 11.8 Å². The molecule has 0 aliphatic carbocycles. The fourth-order valence-electron chi connectivity index (χ4n) is 4.42. The molecule has 1 N–H and O–H groups in total. The van der Waals surface area contributed by atoms with Gasteiger partial charge in [-0.05, 0) is 61.7 Å². The molecule has 0 aromatic heterocycles. The van der Waals surface area contributed by atoms with Crippen LogP contribution in [0.1, 0.15) is 30.4 Å². The maximum absolute atomic E-state index is 12.4. The van der Waals surface area contributed by atoms with E-state index in [-0.39, 0.29) is 11.8 Å². The number of carbonyl (C=O) groups excluding carboxylic acids is 2. The Morgan fingerprint density at radius 3 is 2.39 bits per heavy atom. The highest BCUT2D eigenvalue weighted by Crippen LogP contribution is 2.24. The minimum Gasteiger partial charge on any atom is -0.369 e. The minimum absolute atomic E-state index is 0.0296. The molecule has 6 nitrogen and oxygen atoms in total. The van der Waals surface area contributed by atoms with Crippen molar-refractivity contribution < 1.29 is 9.59 Å². The highest BCUT2D eigenvalue weighted by molar-refractivity contribution is 5.96. The van der Waals surface area contributed by atoms with Crippen LogP contribution in [0.25, 0.3) is 0 Å². The van der Waals surface area contributed by atoms with Crippen LogP contribution in [0, 0.1) is 13.8 Å². The van der Waals surface area contributed by atoms with E-state index in [2.05, 4.69) is 47.2 Å². The lowest BCUT2D eigenvalue weighted by molar-refractivity contribution is -0.117. The van der Waals surface area contributed by atoms with Crippen molar-refractivity contribution in [2.75, 3.05) is 54.4 Å². The predicted octanol–water partition coefficient (Wildman–Crippen LogP) is 3.58. The molecule has 0 atom stereocenters. The van der Waals surface area contributed by atoms with Gasteiger partial charge in [0, 0.05) is 69.2 Å². The molecule has 4 rings (SSSR count). The Kier molecular flexibility index (Phi) is 6.56. The molecule has 0 radical (unpaired) electrons. The number of nitrogens with zero attached hydrogens (tertiary/aromatic N) is 3. The molecule has 164 valence electrons. The molecule has 6 heteroatoms. The number of rotatable bonds is 6. The number of piperazine rings is 1. The standard InChI is InChI=1S/C25H32N4O2/c1-19-5-3-6-23(20(19)2)28-17-15-27(16-18-28)14-12-24(30)26-21-8-10-22(11-9-21)29-13-4-7-25(29)31/h3,5-6,8-11H,4,7,12-18H2,1-2H3,(H,26,30). The third kappa shape index (κ3) is 5.07. The summed E-state index contributed by atoms with van der Waals surface area (Å²) in [4.78, 5) is 30.9.